The predicted molar refractivity (Wildman–Crippen MR) is 100.0 cm³/mol. The van der Waals surface area contributed by atoms with Gasteiger partial charge in [-0.25, -0.2) is 9.98 Å². The molecular formula is C13H24IN5O2S. The third kappa shape index (κ3) is 8.49. The van der Waals surface area contributed by atoms with Crippen molar-refractivity contribution in [3.8, 4) is 0 Å². The van der Waals surface area contributed by atoms with Gasteiger partial charge in [-0.05, 0) is 6.92 Å². The quantitative estimate of drug-likeness (QED) is 0.284. The van der Waals surface area contributed by atoms with Crippen LogP contribution in [0.25, 0.3) is 0 Å². The molecule has 126 valence electrons. The van der Waals surface area contributed by atoms with E-state index in [1.54, 1.807) is 32.5 Å². The SMILES string of the molecule is COCCNC(=NCC(=O)N(C)C)NCc1ncc(C)s1.I. The molecule has 0 aliphatic heterocycles. The minimum atomic E-state index is -0.0482. The molecule has 0 atom stereocenters. The van der Waals surface area contributed by atoms with E-state index in [1.807, 2.05) is 13.1 Å². The van der Waals surface area contributed by atoms with Crippen LogP contribution in [0.2, 0.25) is 0 Å². The van der Waals surface area contributed by atoms with E-state index in [2.05, 4.69) is 20.6 Å². The number of rotatable bonds is 7. The van der Waals surface area contributed by atoms with Gasteiger partial charge in [0.15, 0.2) is 5.96 Å². The lowest BCUT2D eigenvalue weighted by Gasteiger charge is -2.12. The maximum Gasteiger partial charge on any atom is 0.243 e. The molecule has 22 heavy (non-hydrogen) atoms. The molecule has 1 heterocycles. The number of nitrogens with zero attached hydrogens (tertiary/aromatic N) is 3. The van der Waals surface area contributed by atoms with Crippen LogP contribution in [0.4, 0.5) is 0 Å². The molecule has 0 radical (unpaired) electrons. The fourth-order valence-electron chi connectivity index (χ4n) is 1.38. The summed E-state index contributed by atoms with van der Waals surface area (Å²) in [5.74, 6) is 0.531. The second kappa shape index (κ2) is 11.6. The number of nitrogens with one attached hydrogen (secondary N) is 2. The summed E-state index contributed by atoms with van der Waals surface area (Å²) in [5, 5.41) is 7.25. The Balaban J connectivity index is 0.00000441. The molecule has 2 N–H and O–H groups in total. The average molecular weight is 441 g/mol. The Kier molecular flexibility index (Phi) is 11.1. The summed E-state index contributed by atoms with van der Waals surface area (Å²) in [6.07, 6.45) is 1.84. The standard InChI is InChI=1S/C13H23N5O2S.HI/c1-10-7-15-11(21-10)8-16-13(14-5-6-20-4)17-9-12(19)18(2)3;/h7H,5-6,8-9H2,1-4H3,(H2,14,16,17);1H. The lowest BCUT2D eigenvalue weighted by Crippen LogP contribution is -2.39. The van der Waals surface area contributed by atoms with Crippen LogP contribution in [-0.4, -0.2) is 62.7 Å². The van der Waals surface area contributed by atoms with Gasteiger partial charge in [-0.3, -0.25) is 4.79 Å². The van der Waals surface area contributed by atoms with Crippen molar-refractivity contribution >= 4 is 47.2 Å². The zero-order valence-corrected chi connectivity index (χ0v) is 16.5. The molecule has 0 unspecified atom stereocenters. The first-order valence-electron chi connectivity index (χ1n) is 6.65. The van der Waals surface area contributed by atoms with Gasteiger partial charge in [-0.2, -0.15) is 0 Å². The van der Waals surface area contributed by atoms with Crippen molar-refractivity contribution < 1.29 is 9.53 Å². The van der Waals surface area contributed by atoms with Crippen molar-refractivity contribution in [2.24, 2.45) is 4.99 Å². The smallest absolute Gasteiger partial charge is 0.243 e. The molecule has 0 aliphatic rings. The van der Waals surface area contributed by atoms with Crippen LogP contribution >= 0.6 is 35.3 Å². The number of halogens is 1. The maximum absolute atomic E-state index is 11.6. The number of likely N-dealkylation sites (N-methyl/N-ethyl adjacent to an activating group) is 1. The Morgan fingerprint density at radius 1 is 1.45 bits per heavy atom. The van der Waals surface area contributed by atoms with Crippen LogP contribution in [0, 0.1) is 6.92 Å². The summed E-state index contributed by atoms with van der Waals surface area (Å²) in [7, 11) is 5.06. The van der Waals surface area contributed by atoms with Crippen molar-refractivity contribution in [3.05, 3.63) is 16.1 Å². The Morgan fingerprint density at radius 2 is 2.18 bits per heavy atom. The molecule has 0 spiro atoms. The number of methoxy groups -OCH3 is 1. The first-order chi connectivity index (χ1) is 10.0. The largest absolute Gasteiger partial charge is 0.383 e. The highest BCUT2D eigenvalue weighted by Crippen LogP contribution is 2.10. The second-order valence-corrected chi connectivity index (χ2v) is 5.91. The number of aromatic nitrogens is 1. The van der Waals surface area contributed by atoms with Gasteiger partial charge in [0.05, 0.1) is 13.2 Å². The fourth-order valence-corrected chi connectivity index (χ4v) is 2.10. The van der Waals surface area contributed by atoms with Gasteiger partial charge in [-0.15, -0.1) is 35.3 Å². The molecule has 7 nitrogen and oxygen atoms in total. The molecule has 1 amide bonds. The van der Waals surface area contributed by atoms with Crippen LogP contribution in [0.1, 0.15) is 9.88 Å². The van der Waals surface area contributed by atoms with Crippen LogP contribution in [0.5, 0.6) is 0 Å². The topological polar surface area (TPSA) is 78.8 Å². The molecule has 0 fully saturated rings. The van der Waals surface area contributed by atoms with E-state index in [1.165, 1.54) is 9.78 Å². The maximum atomic E-state index is 11.6. The zero-order chi connectivity index (χ0) is 15.7. The van der Waals surface area contributed by atoms with Crippen LogP contribution in [0.15, 0.2) is 11.2 Å². The van der Waals surface area contributed by atoms with Gasteiger partial charge in [0.25, 0.3) is 0 Å². The first-order valence-corrected chi connectivity index (χ1v) is 7.47. The number of amides is 1. The molecule has 1 aromatic rings. The molecule has 0 aromatic carbocycles. The van der Waals surface area contributed by atoms with Gasteiger partial charge in [0, 0.05) is 38.8 Å². The molecule has 0 saturated carbocycles. The zero-order valence-electron chi connectivity index (χ0n) is 13.4. The number of aryl methyl sites for hydroxylation is 1. The minimum Gasteiger partial charge on any atom is -0.383 e. The number of hydrogen-bond acceptors (Lipinski definition) is 5. The van der Waals surface area contributed by atoms with E-state index in [-0.39, 0.29) is 36.4 Å². The van der Waals surface area contributed by atoms with Gasteiger partial charge < -0.3 is 20.3 Å². The van der Waals surface area contributed by atoms with Crippen LogP contribution < -0.4 is 10.6 Å². The molecule has 9 heteroatoms. The van der Waals surface area contributed by atoms with E-state index in [4.69, 9.17) is 4.74 Å². The molecular weight excluding hydrogens is 417 g/mol. The number of thiazole rings is 1. The lowest BCUT2D eigenvalue weighted by molar-refractivity contribution is -0.127. The Labute approximate surface area is 152 Å². The Morgan fingerprint density at radius 3 is 2.73 bits per heavy atom. The summed E-state index contributed by atoms with van der Waals surface area (Å²) < 4.78 is 4.99. The van der Waals surface area contributed by atoms with Crippen molar-refractivity contribution in [2.75, 3.05) is 40.9 Å². The number of ether oxygens (including phenoxy) is 1. The van der Waals surface area contributed by atoms with Crippen molar-refractivity contribution in [1.82, 2.24) is 20.5 Å². The van der Waals surface area contributed by atoms with Crippen molar-refractivity contribution in [1.29, 1.82) is 0 Å². The van der Waals surface area contributed by atoms with Gasteiger partial charge in [-0.1, -0.05) is 0 Å². The first kappa shape index (κ1) is 21.1. The van der Waals surface area contributed by atoms with Crippen LogP contribution in [0.3, 0.4) is 0 Å². The Bertz CT molecular complexity index is 479. The van der Waals surface area contributed by atoms with E-state index in [0.717, 1.165) is 5.01 Å². The fraction of sp³-hybridized carbons (Fsp3) is 0.615. The van der Waals surface area contributed by atoms with Gasteiger partial charge in [0.2, 0.25) is 5.91 Å². The number of guanidine groups is 1. The monoisotopic (exact) mass is 441 g/mol. The number of hydrogen-bond donors (Lipinski definition) is 2. The Hall–Kier alpha value is -0.940. The minimum absolute atomic E-state index is 0. The highest BCUT2D eigenvalue weighted by atomic mass is 127. The van der Waals surface area contributed by atoms with E-state index in [9.17, 15) is 4.79 Å². The number of carbonyl (C=O) groups is 1. The third-order valence-corrected chi connectivity index (χ3v) is 3.46. The predicted octanol–water partition coefficient (Wildman–Crippen LogP) is 0.839. The van der Waals surface area contributed by atoms with E-state index in [0.29, 0.717) is 25.7 Å². The molecule has 0 aliphatic carbocycles. The molecule has 1 rings (SSSR count). The van der Waals surface area contributed by atoms with E-state index < -0.39 is 0 Å². The lowest BCUT2D eigenvalue weighted by atomic mass is 10.5. The van der Waals surface area contributed by atoms with Gasteiger partial charge >= 0.3 is 0 Å². The molecule has 0 bridgehead atoms. The molecule has 1 aromatic heterocycles. The van der Waals surface area contributed by atoms with E-state index >= 15 is 0 Å². The van der Waals surface area contributed by atoms with Crippen LogP contribution in [-0.2, 0) is 16.1 Å². The number of aliphatic imine (C=N–C) groups is 1. The summed E-state index contributed by atoms with van der Waals surface area (Å²) in [6, 6.07) is 0. The van der Waals surface area contributed by atoms with Crippen molar-refractivity contribution in [2.45, 2.75) is 13.5 Å². The summed E-state index contributed by atoms with van der Waals surface area (Å²) in [5.41, 5.74) is 0. The second-order valence-electron chi connectivity index (χ2n) is 4.59. The highest BCUT2D eigenvalue weighted by Gasteiger charge is 2.05. The third-order valence-electron chi connectivity index (χ3n) is 2.55. The van der Waals surface area contributed by atoms with Crippen molar-refractivity contribution in [3.63, 3.8) is 0 Å². The highest BCUT2D eigenvalue weighted by molar-refractivity contribution is 14.0. The normalized spacial score (nSPS) is 10.8. The average Bonchev–Trinajstić information content (AvgIpc) is 2.86. The van der Waals surface area contributed by atoms with Gasteiger partial charge in [0.1, 0.15) is 11.6 Å². The summed E-state index contributed by atoms with van der Waals surface area (Å²) in [6.45, 7) is 3.89. The molecule has 0 saturated heterocycles. The number of carbonyl (C=O) groups excluding carboxylic acids is 1. The summed E-state index contributed by atoms with van der Waals surface area (Å²) in [4.78, 5) is 22.8. The summed E-state index contributed by atoms with van der Waals surface area (Å²) >= 11 is 1.63.